The molecule has 6 heteroatoms. The van der Waals surface area contributed by atoms with Crippen LogP contribution in [0.4, 0.5) is 0 Å². The van der Waals surface area contributed by atoms with Gasteiger partial charge < -0.3 is 5.32 Å². The molecule has 1 amide bonds. The van der Waals surface area contributed by atoms with E-state index < -0.39 is 10.0 Å². The first-order chi connectivity index (χ1) is 19.9. The second kappa shape index (κ2) is 13.3. The van der Waals surface area contributed by atoms with Crippen LogP contribution in [-0.2, 0) is 27.9 Å². The largest absolute Gasteiger partial charge is 0.352 e. The van der Waals surface area contributed by atoms with E-state index in [0.29, 0.717) is 24.5 Å². The molecular weight excluding hydrogens is 528 g/mol. The zero-order chi connectivity index (χ0) is 28.7. The Morgan fingerprint density at radius 1 is 0.732 bits per heavy atom. The van der Waals surface area contributed by atoms with E-state index in [1.54, 1.807) is 16.4 Å². The van der Waals surface area contributed by atoms with Gasteiger partial charge in [-0.05, 0) is 72.9 Å². The van der Waals surface area contributed by atoms with Crippen molar-refractivity contribution in [2.75, 3.05) is 6.54 Å². The van der Waals surface area contributed by atoms with Crippen LogP contribution in [-0.4, -0.2) is 25.2 Å². The number of rotatable bonds is 10. The Hall–Kier alpha value is -3.74. The normalized spacial score (nSPS) is 17.3. The number of benzene rings is 4. The SMILES string of the molecule is Cc1ccc(CNC(=O)C2CCC(CN(Cc3ccccc3)S(=O)(=O)c3ccc(-c4ccccc4)cc3)CC2)cc1. The quantitative estimate of drug-likeness (QED) is 0.225. The highest BCUT2D eigenvalue weighted by Crippen LogP contribution is 2.32. The molecule has 5 rings (SSSR count). The van der Waals surface area contributed by atoms with Gasteiger partial charge in [0.15, 0.2) is 0 Å². The molecule has 0 atom stereocenters. The summed E-state index contributed by atoms with van der Waals surface area (Å²) in [5.74, 6) is 0.274. The van der Waals surface area contributed by atoms with Crippen LogP contribution in [0.3, 0.4) is 0 Å². The van der Waals surface area contributed by atoms with Gasteiger partial charge in [-0.2, -0.15) is 4.31 Å². The molecule has 0 radical (unpaired) electrons. The van der Waals surface area contributed by atoms with Crippen molar-refractivity contribution in [3.05, 3.63) is 126 Å². The van der Waals surface area contributed by atoms with E-state index in [1.807, 2.05) is 84.9 Å². The molecule has 5 nitrogen and oxygen atoms in total. The monoisotopic (exact) mass is 566 g/mol. The number of carbonyl (C=O) groups is 1. The van der Waals surface area contributed by atoms with Crippen LogP contribution in [0.15, 0.2) is 114 Å². The van der Waals surface area contributed by atoms with Gasteiger partial charge in [-0.3, -0.25) is 4.79 Å². The first kappa shape index (κ1) is 28.8. The summed E-state index contributed by atoms with van der Waals surface area (Å²) in [6.07, 6.45) is 3.21. The van der Waals surface area contributed by atoms with Gasteiger partial charge in [0.1, 0.15) is 0 Å². The van der Waals surface area contributed by atoms with Crippen LogP contribution in [0.1, 0.15) is 42.4 Å². The summed E-state index contributed by atoms with van der Waals surface area (Å²) in [4.78, 5) is 13.2. The second-order valence-electron chi connectivity index (χ2n) is 11.1. The van der Waals surface area contributed by atoms with Crippen molar-refractivity contribution in [3.63, 3.8) is 0 Å². The Morgan fingerprint density at radius 2 is 1.32 bits per heavy atom. The number of hydrogen-bond acceptors (Lipinski definition) is 3. The van der Waals surface area contributed by atoms with Crippen LogP contribution >= 0.6 is 0 Å². The van der Waals surface area contributed by atoms with E-state index in [0.717, 1.165) is 47.9 Å². The maximum Gasteiger partial charge on any atom is 0.243 e. The summed E-state index contributed by atoms with van der Waals surface area (Å²) in [5.41, 5.74) is 5.29. The molecule has 0 aliphatic heterocycles. The third kappa shape index (κ3) is 7.51. The molecule has 1 aliphatic carbocycles. The maximum absolute atomic E-state index is 13.9. The minimum Gasteiger partial charge on any atom is -0.352 e. The highest BCUT2D eigenvalue weighted by Gasteiger charge is 2.31. The predicted molar refractivity (Wildman–Crippen MR) is 164 cm³/mol. The molecule has 1 aliphatic rings. The average molecular weight is 567 g/mol. The summed E-state index contributed by atoms with van der Waals surface area (Å²) in [5, 5.41) is 3.09. The van der Waals surface area contributed by atoms with Crippen molar-refractivity contribution in [2.45, 2.75) is 50.6 Å². The van der Waals surface area contributed by atoms with Crippen molar-refractivity contribution >= 4 is 15.9 Å². The molecule has 212 valence electrons. The average Bonchev–Trinajstić information content (AvgIpc) is 3.01. The number of hydrogen-bond donors (Lipinski definition) is 1. The van der Waals surface area contributed by atoms with Crippen molar-refractivity contribution in [2.24, 2.45) is 11.8 Å². The smallest absolute Gasteiger partial charge is 0.243 e. The molecule has 0 saturated heterocycles. The topological polar surface area (TPSA) is 66.5 Å². The first-order valence-corrected chi connectivity index (χ1v) is 15.9. The van der Waals surface area contributed by atoms with Gasteiger partial charge in [-0.1, -0.05) is 103 Å². The first-order valence-electron chi connectivity index (χ1n) is 14.4. The molecule has 41 heavy (non-hydrogen) atoms. The lowest BCUT2D eigenvalue weighted by Crippen LogP contribution is -2.38. The van der Waals surface area contributed by atoms with Gasteiger partial charge in [0, 0.05) is 25.6 Å². The number of amides is 1. The van der Waals surface area contributed by atoms with Crippen molar-refractivity contribution in [1.82, 2.24) is 9.62 Å². The maximum atomic E-state index is 13.9. The Labute approximate surface area is 244 Å². The molecule has 1 saturated carbocycles. The van der Waals surface area contributed by atoms with Gasteiger partial charge in [0.25, 0.3) is 0 Å². The Bertz CT molecular complexity index is 1510. The second-order valence-corrected chi connectivity index (χ2v) is 13.0. The summed E-state index contributed by atoms with van der Waals surface area (Å²) >= 11 is 0. The molecule has 0 spiro atoms. The molecule has 1 N–H and O–H groups in total. The van der Waals surface area contributed by atoms with E-state index in [9.17, 15) is 13.2 Å². The van der Waals surface area contributed by atoms with Gasteiger partial charge >= 0.3 is 0 Å². The number of nitrogens with zero attached hydrogens (tertiary/aromatic N) is 1. The van der Waals surface area contributed by atoms with Gasteiger partial charge in [0.05, 0.1) is 4.90 Å². The van der Waals surface area contributed by atoms with E-state index in [2.05, 4.69) is 24.4 Å². The fraction of sp³-hybridized carbons (Fsp3) is 0.286. The van der Waals surface area contributed by atoms with Crippen LogP contribution in [0, 0.1) is 18.8 Å². The van der Waals surface area contributed by atoms with Gasteiger partial charge in [-0.25, -0.2) is 8.42 Å². The molecule has 0 aromatic heterocycles. The predicted octanol–water partition coefficient (Wildman–Crippen LogP) is 6.98. The zero-order valence-corrected chi connectivity index (χ0v) is 24.4. The molecular formula is C35H38N2O3S. The molecule has 0 bridgehead atoms. The lowest BCUT2D eigenvalue weighted by Gasteiger charge is -2.32. The number of carbonyl (C=O) groups excluding carboxylic acids is 1. The fourth-order valence-corrected chi connectivity index (χ4v) is 7.07. The minimum atomic E-state index is -3.72. The standard InChI is InChI=1S/C35H38N2O3S/c1-27-12-14-28(15-13-27)24-36-35(38)33-18-16-30(17-19-33)26-37(25-29-8-4-2-5-9-29)41(39,40)34-22-20-32(21-23-34)31-10-6-3-7-11-31/h2-15,20-23,30,33H,16-19,24-26H2,1H3,(H,36,38). The Kier molecular flexibility index (Phi) is 9.32. The van der Waals surface area contributed by atoms with E-state index in [4.69, 9.17) is 0 Å². The molecule has 1 fully saturated rings. The number of aryl methyl sites for hydroxylation is 1. The molecule has 0 heterocycles. The van der Waals surface area contributed by atoms with Gasteiger partial charge in [0.2, 0.25) is 15.9 Å². The number of sulfonamides is 1. The highest BCUT2D eigenvalue weighted by atomic mass is 32.2. The van der Waals surface area contributed by atoms with Crippen molar-refractivity contribution in [1.29, 1.82) is 0 Å². The van der Waals surface area contributed by atoms with Crippen molar-refractivity contribution in [3.8, 4) is 11.1 Å². The van der Waals surface area contributed by atoms with Crippen molar-refractivity contribution < 1.29 is 13.2 Å². The van der Waals surface area contributed by atoms with Crippen LogP contribution in [0.2, 0.25) is 0 Å². The van der Waals surface area contributed by atoms with Crippen LogP contribution in [0.25, 0.3) is 11.1 Å². The Morgan fingerprint density at radius 3 is 1.95 bits per heavy atom. The highest BCUT2D eigenvalue weighted by molar-refractivity contribution is 7.89. The van der Waals surface area contributed by atoms with E-state index in [1.165, 1.54) is 5.56 Å². The lowest BCUT2D eigenvalue weighted by atomic mass is 9.81. The summed E-state index contributed by atoms with van der Waals surface area (Å²) in [6.45, 7) is 3.34. The minimum absolute atomic E-state index is 0.0265. The molecule has 4 aromatic carbocycles. The lowest BCUT2D eigenvalue weighted by molar-refractivity contribution is -0.126. The third-order valence-electron chi connectivity index (χ3n) is 8.07. The fourth-order valence-electron chi connectivity index (χ4n) is 5.57. The number of nitrogens with one attached hydrogen (secondary N) is 1. The van der Waals surface area contributed by atoms with E-state index in [-0.39, 0.29) is 17.7 Å². The van der Waals surface area contributed by atoms with Crippen LogP contribution in [0.5, 0.6) is 0 Å². The summed E-state index contributed by atoms with van der Waals surface area (Å²) in [6, 6.07) is 35.1. The van der Waals surface area contributed by atoms with E-state index >= 15 is 0 Å². The summed E-state index contributed by atoms with van der Waals surface area (Å²) < 4.78 is 29.5. The Balaban J connectivity index is 1.24. The molecule has 4 aromatic rings. The van der Waals surface area contributed by atoms with Crippen LogP contribution < -0.4 is 5.32 Å². The summed E-state index contributed by atoms with van der Waals surface area (Å²) in [7, 11) is -3.72. The zero-order valence-electron chi connectivity index (χ0n) is 23.6. The van der Waals surface area contributed by atoms with Gasteiger partial charge in [-0.15, -0.1) is 0 Å². The third-order valence-corrected chi connectivity index (χ3v) is 9.89. The molecule has 0 unspecified atom stereocenters.